The molecule has 12 heavy (non-hydrogen) atoms. The van der Waals surface area contributed by atoms with E-state index in [2.05, 4.69) is 28.1 Å². The Kier molecular flexibility index (Phi) is 2.13. The standard InChI is InChI=1S/C9H15N3/c1-2-8-6-9-7-10-4-3-5-12(9)11-8/h6,10H,2-5,7H2,1H3. The van der Waals surface area contributed by atoms with Crippen molar-refractivity contribution in [2.24, 2.45) is 0 Å². The SMILES string of the molecule is CCc1cc2n(n1)CCCNC2. The van der Waals surface area contributed by atoms with Gasteiger partial charge in [-0.2, -0.15) is 5.10 Å². The summed E-state index contributed by atoms with van der Waals surface area (Å²) in [6, 6.07) is 2.21. The summed E-state index contributed by atoms with van der Waals surface area (Å²) in [4.78, 5) is 0. The molecule has 1 aromatic rings. The fourth-order valence-corrected chi connectivity index (χ4v) is 1.59. The van der Waals surface area contributed by atoms with Crippen molar-refractivity contribution >= 4 is 0 Å². The monoisotopic (exact) mass is 165 g/mol. The minimum atomic E-state index is 0.979. The molecule has 0 spiro atoms. The first-order valence-electron chi connectivity index (χ1n) is 4.66. The summed E-state index contributed by atoms with van der Waals surface area (Å²) in [5.74, 6) is 0. The van der Waals surface area contributed by atoms with Crippen LogP contribution < -0.4 is 5.32 Å². The van der Waals surface area contributed by atoms with Gasteiger partial charge in [-0.3, -0.25) is 4.68 Å². The minimum absolute atomic E-state index is 0.979. The summed E-state index contributed by atoms with van der Waals surface area (Å²) in [5, 5.41) is 7.89. The number of nitrogens with zero attached hydrogens (tertiary/aromatic N) is 2. The predicted octanol–water partition coefficient (Wildman–Crippen LogP) is 0.939. The van der Waals surface area contributed by atoms with Crippen molar-refractivity contribution in [2.45, 2.75) is 32.9 Å². The third-order valence-corrected chi connectivity index (χ3v) is 2.31. The molecule has 0 unspecified atom stereocenters. The summed E-state index contributed by atoms with van der Waals surface area (Å²) in [6.45, 7) is 5.32. The zero-order valence-electron chi connectivity index (χ0n) is 7.51. The van der Waals surface area contributed by atoms with Crippen LogP contribution in [-0.4, -0.2) is 16.3 Å². The Morgan fingerprint density at radius 1 is 1.67 bits per heavy atom. The summed E-state index contributed by atoms with van der Waals surface area (Å²) >= 11 is 0. The highest BCUT2D eigenvalue weighted by atomic mass is 15.3. The molecule has 2 heterocycles. The summed E-state index contributed by atoms with van der Waals surface area (Å²) < 4.78 is 2.14. The number of hydrogen-bond acceptors (Lipinski definition) is 2. The molecule has 0 radical (unpaired) electrons. The Labute approximate surface area is 72.8 Å². The van der Waals surface area contributed by atoms with Crippen LogP contribution in [0.5, 0.6) is 0 Å². The minimum Gasteiger partial charge on any atom is -0.311 e. The van der Waals surface area contributed by atoms with Crippen molar-refractivity contribution in [3.63, 3.8) is 0 Å². The van der Waals surface area contributed by atoms with E-state index in [-0.39, 0.29) is 0 Å². The molecular weight excluding hydrogens is 150 g/mol. The van der Waals surface area contributed by atoms with Gasteiger partial charge >= 0.3 is 0 Å². The van der Waals surface area contributed by atoms with Crippen LogP contribution in [0.25, 0.3) is 0 Å². The fraction of sp³-hybridized carbons (Fsp3) is 0.667. The molecule has 1 aliphatic rings. The van der Waals surface area contributed by atoms with Crippen LogP contribution in [-0.2, 0) is 19.5 Å². The molecule has 0 atom stereocenters. The molecule has 0 fully saturated rings. The summed E-state index contributed by atoms with van der Waals surface area (Å²) in [7, 11) is 0. The Hall–Kier alpha value is -0.830. The molecule has 0 amide bonds. The largest absolute Gasteiger partial charge is 0.311 e. The van der Waals surface area contributed by atoms with Crippen molar-refractivity contribution in [2.75, 3.05) is 6.54 Å². The molecule has 0 bridgehead atoms. The van der Waals surface area contributed by atoms with Crippen molar-refractivity contribution in [1.29, 1.82) is 0 Å². The van der Waals surface area contributed by atoms with Gasteiger partial charge in [-0.1, -0.05) is 6.92 Å². The molecule has 1 N–H and O–H groups in total. The van der Waals surface area contributed by atoms with E-state index in [9.17, 15) is 0 Å². The van der Waals surface area contributed by atoms with Gasteiger partial charge in [-0.25, -0.2) is 0 Å². The first-order valence-corrected chi connectivity index (χ1v) is 4.66. The van der Waals surface area contributed by atoms with Gasteiger partial charge in [-0.05, 0) is 25.5 Å². The smallest absolute Gasteiger partial charge is 0.0625 e. The third kappa shape index (κ3) is 1.37. The van der Waals surface area contributed by atoms with Crippen LogP contribution in [0.1, 0.15) is 24.7 Å². The summed E-state index contributed by atoms with van der Waals surface area (Å²) in [5.41, 5.74) is 2.55. The first-order chi connectivity index (χ1) is 5.90. The van der Waals surface area contributed by atoms with Crippen LogP contribution in [0.3, 0.4) is 0 Å². The lowest BCUT2D eigenvalue weighted by atomic mass is 10.3. The second-order valence-electron chi connectivity index (χ2n) is 3.23. The van der Waals surface area contributed by atoms with Gasteiger partial charge in [0.1, 0.15) is 0 Å². The molecular formula is C9H15N3. The van der Waals surface area contributed by atoms with Gasteiger partial charge in [0.05, 0.1) is 11.4 Å². The highest BCUT2D eigenvalue weighted by Gasteiger charge is 2.08. The molecule has 3 nitrogen and oxygen atoms in total. The van der Waals surface area contributed by atoms with E-state index in [1.165, 1.54) is 17.8 Å². The Morgan fingerprint density at radius 2 is 2.58 bits per heavy atom. The van der Waals surface area contributed by atoms with Crippen LogP contribution in [0, 0.1) is 0 Å². The number of rotatable bonds is 1. The van der Waals surface area contributed by atoms with Crippen molar-refractivity contribution in [1.82, 2.24) is 15.1 Å². The fourth-order valence-electron chi connectivity index (χ4n) is 1.59. The number of fused-ring (bicyclic) bond motifs is 1. The van der Waals surface area contributed by atoms with Gasteiger partial charge in [0.15, 0.2) is 0 Å². The highest BCUT2D eigenvalue weighted by molar-refractivity contribution is 5.10. The van der Waals surface area contributed by atoms with Gasteiger partial charge in [-0.15, -0.1) is 0 Å². The zero-order valence-corrected chi connectivity index (χ0v) is 7.51. The van der Waals surface area contributed by atoms with Crippen molar-refractivity contribution in [3.8, 4) is 0 Å². The Balaban J connectivity index is 2.26. The normalized spacial score (nSPS) is 17.1. The number of aromatic nitrogens is 2. The van der Waals surface area contributed by atoms with E-state index in [1.807, 2.05) is 0 Å². The molecule has 1 aromatic heterocycles. The second kappa shape index (κ2) is 3.27. The maximum absolute atomic E-state index is 4.51. The Bertz CT molecular complexity index is 241. The topological polar surface area (TPSA) is 29.9 Å². The lowest BCUT2D eigenvalue weighted by Gasteiger charge is -1.98. The third-order valence-electron chi connectivity index (χ3n) is 2.31. The molecule has 2 rings (SSSR count). The van der Waals surface area contributed by atoms with E-state index in [1.54, 1.807) is 0 Å². The van der Waals surface area contributed by atoms with E-state index in [0.717, 1.165) is 26.1 Å². The number of aryl methyl sites for hydroxylation is 2. The molecule has 3 heteroatoms. The summed E-state index contributed by atoms with van der Waals surface area (Å²) in [6.07, 6.45) is 2.23. The predicted molar refractivity (Wildman–Crippen MR) is 47.9 cm³/mol. The van der Waals surface area contributed by atoms with E-state index >= 15 is 0 Å². The van der Waals surface area contributed by atoms with Crippen molar-refractivity contribution in [3.05, 3.63) is 17.5 Å². The lowest BCUT2D eigenvalue weighted by Crippen LogP contribution is -2.11. The molecule has 66 valence electrons. The molecule has 0 saturated carbocycles. The van der Waals surface area contributed by atoms with Crippen LogP contribution in [0.2, 0.25) is 0 Å². The molecule has 1 aliphatic heterocycles. The number of hydrogen-bond donors (Lipinski definition) is 1. The van der Waals surface area contributed by atoms with E-state index in [0.29, 0.717) is 0 Å². The Morgan fingerprint density at radius 3 is 3.42 bits per heavy atom. The van der Waals surface area contributed by atoms with Gasteiger partial charge in [0.2, 0.25) is 0 Å². The van der Waals surface area contributed by atoms with Gasteiger partial charge in [0.25, 0.3) is 0 Å². The van der Waals surface area contributed by atoms with Crippen LogP contribution >= 0.6 is 0 Å². The van der Waals surface area contributed by atoms with Crippen LogP contribution in [0.15, 0.2) is 6.07 Å². The first kappa shape index (κ1) is 7.80. The van der Waals surface area contributed by atoms with Gasteiger partial charge < -0.3 is 5.32 Å². The lowest BCUT2D eigenvalue weighted by molar-refractivity contribution is 0.581. The molecule has 0 aliphatic carbocycles. The van der Waals surface area contributed by atoms with E-state index in [4.69, 9.17) is 0 Å². The molecule has 0 saturated heterocycles. The highest BCUT2D eigenvalue weighted by Crippen LogP contribution is 2.08. The average Bonchev–Trinajstić information content (AvgIpc) is 2.37. The maximum Gasteiger partial charge on any atom is 0.0625 e. The van der Waals surface area contributed by atoms with E-state index < -0.39 is 0 Å². The average molecular weight is 165 g/mol. The maximum atomic E-state index is 4.51. The quantitative estimate of drug-likeness (QED) is 0.671. The van der Waals surface area contributed by atoms with Crippen LogP contribution in [0.4, 0.5) is 0 Å². The van der Waals surface area contributed by atoms with Gasteiger partial charge in [0, 0.05) is 13.1 Å². The molecule has 0 aromatic carbocycles. The van der Waals surface area contributed by atoms with Crippen molar-refractivity contribution < 1.29 is 0 Å². The zero-order chi connectivity index (χ0) is 8.39. The number of nitrogens with one attached hydrogen (secondary N) is 1. The second-order valence-corrected chi connectivity index (χ2v) is 3.23.